The highest BCUT2D eigenvalue weighted by Crippen LogP contribution is 2.25. The summed E-state index contributed by atoms with van der Waals surface area (Å²) in [5.74, 6) is 1.67. The Morgan fingerprint density at radius 2 is 1.59 bits per heavy atom. The van der Waals surface area contributed by atoms with E-state index < -0.39 is 5.82 Å². The Morgan fingerprint density at radius 1 is 0.966 bits per heavy atom. The summed E-state index contributed by atoms with van der Waals surface area (Å²) in [6.45, 7) is 6.22. The number of nitrogens with zero attached hydrogens (tertiary/aromatic N) is 5. The van der Waals surface area contributed by atoms with Crippen LogP contribution in [0.5, 0.6) is 0 Å². The topological polar surface area (TPSA) is 52.6 Å². The largest absolute Gasteiger partial charge is 0.356 e. The summed E-state index contributed by atoms with van der Waals surface area (Å²) in [5, 5.41) is 0.148. The molecule has 29 heavy (non-hydrogen) atoms. The molecule has 6 nitrogen and oxygen atoms in total. The van der Waals surface area contributed by atoms with Crippen LogP contribution in [0.3, 0.4) is 0 Å². The van der Waals surface area contributed by atoms with Crippen molar-refractivity contribution in [3.8, 4) is 0 Å². The molecule has 1 aromatic heterocycles. The van der Waals surface area contributed by atoms with E-state index in [2.05, 4.69) is 19.8 Å². The van der Waals surface area contributed by atoms with E-state index in [1.54, 1.807) is 11.0 Å². The molecule has 2 saturated heterocycles. The van der Waals surface area contributed by atoms with Crippen LogP contribution in [0.1, 0.15) is 35.4 Å². The van der Waals surface area contributed by atoms with E-state index in [-0.39, 0.29) is 16.5 Å². The van der Waals surface area contributed by atoms with Gasteiger partial charge in [0.1, 0.15) is 23.3 Å². The van der Waals surface area contributed by atoms with Crippen LogP contribution in [-0.2, 0) is 0 Å². The van der Waals surface area contributed by atoms with Gasteiger partial charge in [0.25, 0.3) is 5.91 Å². The first-order valence-electron chi connectivity index (χ1n) is 10.1. The van der Waals surface area contributed by atoms with Crippen molar-refractivity contribution < 1.29 is 9.18 Å². The van der Waals surface area contributed by atoms with Crippen molar-refractivity contribution in [1.82, 2.24) is 14.9 Å². The molecule has 154 valence electrons. The normalized spacial score (nSPS) is 17.6. The molecule has 0 saturated carbocycles. The monoisotopic (exact) mass is 417 g/mol. The zero-order chi connectivity index (χ0) is 20.4. The molecule has 0 unspecified atom stereocenters. The number of hydrogen-bond acceptors (Lipinski definition) is 5. The molecule has 2 aromatic rings. The van der Waals surface area contributed by atoms with E-state index in [4.69, 9.17) is 11.6 Å². The summed E-state index contributed by atoms with van der Waals surface area (Å²) >= 11 is 6.06. The number of benzene rings is 1. The van der Waals surface area contributed by atoms with Gasteiger partial charge >= 0.3 is 0 Å². The molecule has 8 heteroatoms. The van der Waals surface area contributed by atoms with Gasteiger partial charge in [-0.2, -0.15) is 0 Å². The fourth-order valence-corrected chi connectivity index (χ4v) is 4.23. The molecule has 0 N–H and O–H groups in total. The van der Waals surface area contributed by atoms with Crippen molar-refractivity contribution in [2.75, 3.05) is 49.1 Å². The van der Waals surface area contributed by atoms with E-state index in [1.165, 1.54) is 31.4 Å². The third-order valence-electron chi connectivity index (χ3n) is 5.56. The molecular weight excluding hydrogens is 393 g/mol. The Kier molecular flexibility index (Phi) is 5.85. The summed E-state index contributed by atoms with van der Waals surface area (Å²) in [7, 11) is 0. The highest BCUT2D eigenvalue weighted by molar-refractivity contribution is 6.33. The molecule has 3 heterocycles. The van der Waals surface area contributed by atoms with E-state index >= 15 is 0 Å². The molecule has 4 rings (SSSR count). The molecule has 1 aromatic carbocycles. The summed E-state index contributed by atoms with van der Waals surface area (Å²) in [6.07, 6.45) is 3.66. The van der Waals surface area contributed by atoms with Gasteiger partial charge in [0.15, 0.2) is 0 Å². The predicted octanol–water partition coefficient (Wildman–Crippen LogP) is 3.53. The van der Waals surface area contributed by atoms with E-state index in [9.17, 15) is 9.18 Å². The number of piperidine rings is 1. The van der Waals surface area contributed by atoms with Gasteiger partial charge in [0.2, 0.25) is 0 Å². The van der Waals surface area contributed by atoms with E-state index in [0.29, 0.717) is 26.2 Å². The number of piperazine rings is 1. The second kappa shape index (κ2) is 8.53. The van der Waals surface area contributed by atoms with Gasteiger partial charge < -0.3 is 14.7 Å². The summed E-state index contributed by atoms with van der Waals surface area (Å²) in [6, 6.07) is 6.36. The predicted molar refractivity (Wildman–Crippen MR) is 112 cm³/mol. The Hall–Kier alpha value is -2.41. The van der Waals surface area contributed by atoms with Crippen LogP contribution in [-0.4, -0.2) is 60.0 Å². The van der Waals surface area contributed by atoms with Crippen molar-refractivity contribution >= 4 is 29.1 Å². The molecular formula is C21H25ClFN5O. The minimum Gasteiger partial charge on any atom is -0.356 e. The molecule has 0 aliphatic carbocycles. The maximum Gasteiger partial charge on any atom is 0.258 e. The molecule has 1 amide bonds. The number of anilines is 2. The van der Waals surface area contributed by atoms with Gasteiger partial charge in [-0.3, -0.25) is 4.79 Å². The Labute approximate surface area is 175 Å². The molecule has 0 radical (unpaired) electrons. The summed E-state index contributed by atoms with van der Waals surface area (Å²) in [5.41, 5.74) is -0.0483. The molecule has 2 aliphatic heterocycles. The zero-order valence-corrected chi connectivity index (χ0v) is 17.3. The van der Waals surface area contributed by atoms with Crippen molar-refractivity contribution in [2.24, 2.45) is 0 Å². The van der Waals surface area contributed by atoms with E-state index in [1.807, 2.05) is 13.0 Å². The fourth-order valence-electron chi connectivity index (χ4n) is 3.98. The number of amides is 1. The SMILES string of the molecule is Cc1nc(N2CCCCC2)cc(N2CCN(C(=O)c3c(F)cccc3Cl)CC2)n1. The number of aryl methyl sites for hydroxylation is 1. The second-order valence-electron chi connectivity index (χ2n) is 7.56. The third kappa shape index (κ3) is 4.29. The minimum atomic E-state index is -0.581. The molecule has 0 spiro atoms. The summed E-state index contributed by atoms with van der Waals surface area (Å²) < 4.78 is 14.1. The first kappa shape index (κ1) is 19.9. The quantitative estimate of drug-likeness (QED) is 0.764. The number of hydrogen-bond donors (Lipinski definition) is 0. The minimum absolute atomic E-state index is 0.0483. The highest BCUT2D eigenvalue weighted by atomic mass is 35.5. The van der Waals surface area contributed by atoms with Gasteiger partial charge in [0.05, 0.1) is 10.6 Å². The van der Waals surface area contributed by atoms with Gasteiger partial charge in [0, 0.05) is 45.3 Å². The highest BCUT2D eigenvalue weighted by Gasteiger charge is 2.27. The number of aromatic nitrogens is 2. The lowest BCUT2D eigenvalue weighted by Gasteiger charge is -2.36. The Morgan fingerprint density at radius 3 is 2.21 bits per heavy atom. The molecule has 0 atom stereocenters. The van der Waals surface area contributed by atoms with Crippen LogP contribution in [0, 0.1) is 12.7 Å². The Bertz CT molecular complexity index is 874. The van der Waals surface area contributed by atoms with Crippen LogP contribution in [0.2, 0.25) is 5.02 Å². The lowest BCUT2D eigenvalue weighted by atomic mass is 10.1. The molecule has 2 aliphatic rings. The van der Waals surface area contributed by atoms with Gasteiger partial charge in [-0.05, 0) is 38.3 Å². The number of carbonyl (C=O) groups is 1. The fraction of sp³-hybridized carbons (Fsp3) is 0.476. The lowest BCUT2D eigenvalue weighted by Crippen LogP contribution is -2.49. The zero-order valence-electron chi connectivity index (χ0n) is 16.6. The second-order valence-corrected chi connectivity index (χ2v) is 7.96. The third-order valence-corrected chi connectivity index (χ3v) is 5.87. The standard InChI is InChI=1S/C21H25ClFN5O/c1-15-24-18(26-8-3-2-4-9-26)14-19(25-15)27-10-12-28(13-11-27)21(29)20-16(22)6-5-7-17(20)23/h5-7,14H,2-4,8-13H2,1H3. The molecule has 0 bridgehead atoms. The summed E-state index contributed by atoms with van der Waals surface area (Å²) in [4.78, 5) is 28.1. The molecule has 2 fully saturated rings. The number of halogens is 2. The average Bonchev–Trinajstić information content (AvgIpc) is 2.74. The van der Waals surface area contributed by atoms with Gasteiger partial charge in [-0.15, -0.1) is 0 Å². The van der Waals surface area contributed by atoms with Crippen molar-refractivity contribution in [3.05, 3.63) is 46.5 Å². The van der Waals surface area contributed by atoms with Gasteiger partial charge in [-0.25, -0.2) is 14.4 Å². The van der Waals surface area contributed by atoms with Crippen LogP contribution >= 0.6 is 11.6 Å². The average molecular weight is 418 g/mol. The maximum absolute atomic E-state index is 14.1. The first-order valence-corrected chi connectivity index (χ1v) is 10.5. The number of carbonyl (C=O) groups excluding carboxylic acids is 1. The van der Waals surface area contributed by atoms with Crippen LogP contribution in [0.25, 0.3) is 0 Å². The van der Waals surface area contributed by atoms with Crippen LogP contribution in [0.15, 0.2) is 24.3 Å². The van der Waals surface area contributed by atoms with Crippen molar-refractivity contribution in [1.29, 1.82) is 0 Å². The Balaban J connectivity index is 1.46. The van der Waals surface area contributed by atoms with E-state index in [0.717, 1.165) is 30.5 Å². The lowest BCUT2D eigenvalue weighted by molar-refractivity contribution is 0.0742. The number of rotatable bonds is 3. The van der Waals surface area contributed by atoms with Crippen molar-refractivity contribution in [3.63, 3.8) is 0 Å². The first-order chi connectivity index (χ1) is 14.0. The van der Waals surface area contributed by atoms with Crippen LogP contribution < -0.4 is 9.80 Å². The van der Waals surface area contributed by atoms with Crippen LogP contribution in [0.4, 0.5) is 16.0 Å². The maximum atomic E-state index is 14.1. The van der Waals surface area contributed by atoms with Crippen molar-refractivity contribution in [2.45, 2.75) is 26.2 Å². The smallest absolute Gasteiger partial charge is 0.258 e. The van der Waals surface area contributed by atoms with Gasteiger partial charge in [-0.1, -0.05) is 17.7 Å².